The zero-order valence-electron chi connectivity index (χ0n) is 15.0. The average molecular weight is 409 g/mol. The van der Waals surface area contributed by atoms with Gasteiger partial charge < -0.3 is 14.2 Å². The highest BCUT2D eigenvalue weighted by atomic mass is 35.5. The molecule has 2 heterocycles. The first kappa shape index (κ1) is 18.9. The van der Waals surface area contributed by atoms with Crippen LogP contribution in [-0.4, -0.2) is 29.2 Å². The van der Waals surface area contributed by atoms with E-state index < -0.39 is 11.6 Å². The number of hydrogen-bond donors (Lipinski definition) is 0. The van der Waals surface area contributed by atoms with Gasteiger partial charge in [0.15, 0.2) is 17.1 Å². The minimum Gasteiger partial charge on any atom is -0.443 e. The van der Waals surface area contributed by atoms with E-state index in [1.54, 1.807) is 17.0 Å². The van der Waals surface area contributed by atoms with Crippen LogP contribution in [0.5, 0.6) is 0 Å². The summed E-state index contributed by atoms with van der Waals surface area (Å²) in [5, 5.41) is 4.29. The molecule has 1 aromatic carbocycles. The third-order valence-electron chi connectivity index (χ3n) is 5.16. The molecule has 1 atom stereocenters. The molecule has 4 rings (SSSR count). The summed E-state index contributed by atoms with van der Waals surface area (Å²) in [6, 6.07) is 6.72. The highest BCUT2D eigenvalue weighted by Gasteiger charge is 2.33. The molecule has 0 radical (unpaired) electrons. The lowest BCUT2D eigenvalue weighted by molar-refractivity contribution is -0.140. The van der Waals surface area contributed by atoms with Crippen molar-refractivity contribution in [3.8, 4) is 0 Å². The Morgan fingerprint density at radius 1 is 1.25 bits per heavy atom. The maximum atomic E-state index is 14.1. The van der Waals surface area contributed by atoms with Gasteiger partial charge >= 0.3 is 0 Å². The maximum Gasteiger partial charge on any atom is 0.226 e. The van der Waals surface area contributed by atoms with Crippen molar-refractivity contribution in [1.29, 1.82) is 0 Å². The number of carbonyl (C=O) groups excluding carboxylic acids is 1. The smallest absolute Gasteiger partial charge is 0.226 e. The molecule has 2 aliphatic rings. The quantitative estimate of drug-likeness (QED) is 0.705. The lowest BCUT2D eigenvalue weighted by Crippen LogP contribution is -2.42. The molecule has 1 amide bonds. The van der Waals surface area contributed by atoms with Crippen LogP contribution in [0.25, 0.3) is 0 Å². The van der Waals surface area contributed by atoms with Gasteiger partial charge in [0.1, 0.15) is 17.3 Å². The summed E-state index contributed by atoms with van der Waals surface area (Å²) in [6.07, 6.45) is 2.76. The first-order valence-corrected chi connectivity index (χ1v) is 9.58. The first-order chi connectivity index (χ1) is 13.5. The molecule has 148 valence electrons. The van der Waals surface area contributed by atoms with Gasteiger partial charge in [-0.3, -0.25) is 4.79 Å². The summed E-state index contributed by atoms with van der Waals surface area (Å²) in [4.78, 5) is 19.9. The highest BCUT2D eigenvalue weighted by molar-refractivity contribution is 6.29. The Labute approximate surface area is 165 Å². The molecule has 1 aliphatic heterocycles. The summed E-state index contributed by atoms with van der Waals surface area (Å²) in [7, 11) is 0. The molecule has 1 unspecified atom stereocenters. The van der Waals surface area contributed by atoms with E-state index >= 15 is 0 Å². The fourth-order valence-electron chi connectivity index (χ4n) is 3.39. The van der Waals surface area contributed by atoms with Crippen molar-refractivity contribution in [3.63, 3.8) is 0 Å². The molecule has 28 heavy (non-hydrogen) atoms. The van der Waals surface area contributed by atoms with Gasteiger partial charge in [-0.1, -0.05) is 17.6 Å². The predicted molar refractivity (Wildman–Crippen MR) is 98.9 cm³/mol. The fraction of sp³-hybridized carbons (Fsp3) is 0.400. The van der Waals surface area contributed by atoms with Crippen molar-refractivity contribution >= 4 is 23.2 Å². The maximum absolute atomic E-state index is 14.1. The van der Waals surface area contributed by atoms with Gasteiger partial charge in [0, 0.05) is 30.5 Å². The molecule has 1 saturated carbocycles. The molecule has 0 spiro atoms. The van der Waals surface area contributed by atoms with E-state index in [2.05, 4.69) is 5.16 Å². The van der Waals surface area contributed by atoms with Gasteiger partial charge in [0.05, 0.1) is 6.54 Å². The molecular formula is C20H19ClF2N2O3. The average Bonchev–Trinajstić information content (AvgIpc) is 3.23. The standard InChI is InChI=1S/C20H19ClF2N2O3/c21-19-7-6-18(27-19)17-9-15(28-24-17)11-25(20(26)12-2-1-3-12)10-13-4-5-14(22)8-16(13)23/h4-8,12,15H,1-3,9-11H2. The van der Waals surface area contributed by atoms with Crippen molar-refractivity contribution in [1.82, 2.24) is 4.90 Å². The lowest BCUT2D eigenvalue weighted by Gasteiger charge is -2.32. The zero-order chi connectivity index (χ0) is 19.7. The van der Waals surface area contributed by atoms with Crippen molar-refractivity contribution in [2.45, 2.75) is 38.3 Å². The fourth-order valence-corrected chi connectivity index (χ4v) is 3.53. The Balaban J connectivity index is 1.46. The predicted octanol–water partition coefficient (Wildman–Crippen LogP) is 4.53. The van der Waals surface area contributed by atoms with Crippen molar-refractivity contribution in [3.05, 3.63) is 58.5 Å². The Hall–Kier alpha value is -2.41. The summed E-state index contributed by atoms with van der Waals surface area (Å²) < 4.78 is 32.7. The van der Waals surface area contributed by atoms with Crippen molar-refractivity contribution < 1.29 is 22.8 Å². The molecule has 1 fully saturated rings. The molecule has 5 nitrogen and oxygen atoms in total. The summed E-state index contributed by atoms with van der Waals surface area (Å²) in [5.41, 5.74) is 0.881. The summed E-state index contributed by atoms with van der Waals surface area (Å²) in [6.45, 7) is 0.316. The Morgan fingerprint density at radius 3 is 2.71 bits per heavy atom. The minimum atomic E-state index is -0.666. The van der Waals surface area contributed by atoms with E-state index in [0.29, 0.717) is 17.9 Å². The lowest BCUT2D eigenvalue weighted by atomic mass is 9.84. The molecule has 8 heteroatoms. The third kappa shape index (κ3) is 4.04. The van der Waals surface area contributed by atoms with Gasteiger partial charge in [-0.2, -0.15) is 0 Å². The van der Waals surface area contributed by atoms with Crippen LogP contribution in [0.3, 0.4) is 0 Å². The second-order valence-corrected chi connectivity index (χ2v) is 7.53. The molecule has 1 aromatic heterocycles. The topological polar surface area (TPSA) is 55.0 Å². The van der Waals surface area contributed by atoms with Gasteiger partial charge in [0.25, 0.3) is 0 Å². The number of nitrogens with zero attached hydrogens (tertiary/aromatic N) is 2. The first-order valence-electron chi connectivity index (χ1n) is 9.20. The minimum absolute atomic E-state index is 0.0342. The normalized spacial score (nSPS) is 19.1. The van der Waals surface area contributed by atoms with Crippen molar-refractivity contribution in [2.75, 3.05) is 6.54 Å². The number of amides is 1. The largest absolute Gasteiger partial charge is 0.443 e. The Morgan fingerprint density at radius 2 is 2.07 bits per heavy atom. The number of halogens is 3. The van der Waals surface area contributed by atoms with Gasteiger partial charge in [0.2, 0.25) is 5.91 Å². The van der Waals surface area contributed by atoms with Crippen molar-refractivity contribution in [2.24, 2.45) is 11.1 Å². The number of carbonyl (C=O) groups is 1. The molecule has 0 bridgehead atoms. The zero-order valence-corrected chi connectivity index (χ0v) is 15.8. The SMILES string of the molecule is O=C(C1CCC1)N(Cc1ccc(F)cc1F)CC1CC(c2ccc(Cl)o2)=NO1. The van der Waals surface area contributed by atoms with Crippen LogP contribution in [0.2, 0.25) is 5.22 Å². The van der Waals surface area contributed by atoms with E-state index in [1.807, 2.05) is 0 Å². The molecule has 0 N–H and O–H groups in total. The Kier molecular flexibility index (Phi) is 5.35. The number of oxime groups is 1. The number of rotatable bonds is 6. The van der Waals surface area contributed by atoms with Crippen LogP contribution in [-0.2, 0) is 16.2 Å². The summed E-state index contributed by atoms with van der Waals surface area (Å²) in [5.74, 6) is -0.871. The number of furan rings is 1. The summed E-state index contributed by atoms with van der Waals surface area (Å²) >= 11 is 5.80. The van der Waals surface area contributed by atoms with E-state index in [9.17, 15) is 13.6 Å². The molecule has 1 aliphatic carbocycles. The van der Waals surface area contributed by atoms with Crippen LogP contribution in [0.15, 0.2) is 39.9 Å². The van der Waals surface area contributed by atoms with Crippen LogP contribution < -0.4 is 0 Å². The van der Waals surface area contributed by atoms with Crippen LogP contribution in [0.1, 0.15) is 37.0 Å². The van der Waals surface area contributed by atoms with E-state index in [4.69, 9.17) is 20.9 Å². The van der Waals surface area contributed by atoms with Crippen LogP contribution in [0, 0.1) is 17.6 Å². The second kappa shape index (κ2) is 7.91. The molecular weight excluding hydrogens is 390 g/mol. The van der Waals surface area contributed by atoms with Crippen LogP contribution in [0.4, 0.5) is 8.78 Å². The second-order valence-electron chi connectivity index (χ2n) is 7.16. The van der Waals surface area contributed by atoms with E-state index in [-0.39, 0.29) is 41.8 Å². The Bertz CT molecular complexity index is 911. The molecule has 2 aromatic rings. The third-order valence-corrected chi connectivity index (χ3v) is 5.36. The monoisotopic (exact) mass is 408 g/mol. The number of benzene rings is 1. The van der Waals surface area contributed by atoms with Gasteiger partial charge in [-0.25, -0.2) is 8.78 Å². The van der Waals surface area contributed by atoms with Gasteiger partial charge in [-0.05, 0) is 42.6 Å². The van der Waals surface area contributed by atoms with Crippen LogP contribution >= 0.6 is 11.6 Å². The molecule has 0 saturated heterocycles. The van der Waals surface area contributed by atoms with Gasteiger partial charge in [-0.15, -0.1) is 0 Å². The van der Waals surface area contributed by atoms with E-state index in [0.717, 1.165) is 25.3 Å². The number of hydrogen-bond acceptors (Lipinski definition) is 4. The highest BCUT2D eigenvalue weighted by Crippen LogP contribution is 2.30. The van der Waals surface area contributed by atoms with E-state index in [1.165, 1.54) is 12.1 Å².